The number of rotatable bonds is 4. The summed E-state index contributed by atoms with van der Waals surface area (Å²) in [5, 5.41) is 9.75. The van der Waals surface area contributed by atoms with Crippen molar-refractivity contribution in [3.05, 3.63) is 34.1 Å². The van der Waals surface area contributed by atoms with Crippen LogP contribution in [0.4, 0.5) is 11.4 Å². The van der Waals surface area contributed by atoms with Gasteiger partial charge in [0.25, 0.3) is 0 Å². The number of nitrogens with one attached hydrogen (secondary N) is 2. The molecule has 0 aliphatic heterocycles. The van der Waals surface area contributed by atoms with Crippen molar-refractivity contribution in [2.45, 2.75) is 18.7 Å². The van der Waals surface area contributed by atoms with Gasteiger partial charge in [-0.25, -0.2) is 0 Å². The van der Waals surface area contributed by atoms with E-state index in [0.29, 0.717) is 11.4 Å². The topological polar surface area (TPSA) is 83.8 Å². The fraction of sp³-hybridized carbons (Fsp3) is 0.231. The number of nitrogens with two attached hydrogens (primary N) is 1. The number of amides is 1. The van der Waals surface area contributed by atoms with Crippen molar-refractivity contribution < 1.29 is 4.79 Å². The van der Waals surface area contributed by atoms with E-state index >= 15 is 0 Å². The molecule has 0 bridgehead atoms. The first kappa shape index (κ1) is 14.9. The molecular weight excluding hydrogens is 340 g/mol. The number of carbonyl (C=O) groups is 1. The molecule has 0 atom stereocenters. The molecule has 0 spiro atoms. The molecule has 1 aromatic heterocycles. The van der Waals surface area contributed by atoms with Crippen LogP contribution in [0.2, 0.25) is 0 Å². The van der Waals surface area contributed by atoms with Gasteiger partial charge in [0.2, 0.25) is 5.91 Å². The molecule has 0 aliphatic rings. The number of aromatic nitrogens is 2. The highest BCUT2D eigenvalue weighted by molar-refractivity contribution is 9.10. The van der Waals surface area contributed by atoms with E-state index in [0.717, 1.165) is 26.4 Å². The summed E-state index contributed by atoms with van der Waals surface area (Å²) >= 11 is 4.89. The molecule has 106 valence electrons. The lowest BCUT2D eigenvalue weighted by atomic mass is 10.3. The van der Waals surface area contributed by atoms with Crippen LogP contribution < -0.4 is 11.1 Å². The van der Waals surface area contributed by atoms with Gasteiger partial charge in [0, 0.05) is 15.1 Å². The molecule has 0 fully saturated rings. The Kier molecular flexibility index (Phi) is 4.72. The Morgan fingerprint density at radius 1 is 1.50 bits per heavy atom. The lowest BCUT2D eigenvalue weighted by Crippen LogP contribution is -2.15. The minimum Gasteiger partial charge on any atom is -0.399 e. The van der Waals surface area contributed by atoms with Gasteiger partial charge in [-0.15, -0.1) is 11.8 Å². The second-order valence-electron chi connectivity index (χ2n) is 4.34. The third-order valence-electron chi connectivity index (χ3n) is 2.71. The summed E-state index contributed by atoms with van der Waals surface area (Å²) in [7, 11) is 0. The normalized spacial score (nSPS) is 10.6. The molecule has 4 N–H and O–H groups in total. The summed E-state index contributed by atoms with van der Waals surface area (Å²) in [6.45, 7) is 3.72. The molecular formula is C13H15BrN4OS. The van der Waals surface area contributed by atoms with Crippen molar-refractivity contribution in [2.75, 3.05) is 16.8 Å². The predicted molar refractivity (Wildman–Crippen MR) is 86.0 cm³/mol. The lowest BCUT2D eigenvalue weighted by molar-refractivity contribution is -0.113. The quantitative estimate of drug-likeness (QED) is 0.581. The first-order valence-corrected chi connectivity index (χ1v) is 7.74. The SMILES string of the molecule is Cc1n[nH]c(C)c1NC(=O)CSc1ccc(N)cc1Br. The monoisotopic (exact) mass is 354 g/mol. The zero-order chi connectivity index (χ0) is 14.7. The van der Waals surface area contributed by atoms with E-state index in [1.54, 1.807) is 0 Å². The van der Waals surface area contributed by atoms with Gasteiger partial charge in [-0.05, 0) is 48.0 Å². The van der Waals surface area contributed by atoms with Crippen LogP contribution in [0.1, 0.15) is 11.4 Å². The van der Waals surface area contributed by atoms with Crippen molar-refractivity contribution in [3.8, 4) is 0 Å². The first-order chi connectivity index (χ1) is 9.47. The summed E-state index contributed by atoms with van der Waals surface area (Å²) in [5.41, 5.74) is 8.77. The molecule has 5 nitrogen and oxygen atoms in total. The Balaban J connectivity index is 1.96. The molecule has 1 aromatic carbocycles. The average molecular weight is 355 g/mol. The van der Waals surface area contributed by atoms with Crippen LogP contribution in [0.15, 0.2) is 27.6 Å². The molecule has 0 saturated carbocycles. The Morgan fingerprint density at radius 3 is 2.85 bits per heavy atom. The van der Waals surface area contributed by atoms with Gasteiger partial charge in [-0.2, -0.15) is 5.10 Å². The lowest BCUT2D eigenvalue weighted by Gasteiger charge is -2.07. The van der Waals surface area contributed by atoms with Crippen molar-refractivity contribution >= 4 is 45.0 Å². The maximum atomic E-state index is 12.0. The van der Waals surface area contributed by atoms with Crippen molar-refractivity contribution in [3.63, 3.8) is 0 Å². The van der Waals surface area contributed by atoms with Crippen molar-refractivity contribution in [2.24, 2.45) is 0 Å². The number of nitrogen functional groups attached to an aromatic ring is 1. The highest BCUT2D eigenvalue weighted by atomic mass is 79.9. The number of thioether (sulfide) groups is 1. The number of anilines is 2. The van der Waals surface area contributed by atoms with Gasteiger partial charge in [0.05, 0.1) is 22.8 Å². The number of H-pyrrole nitrogens is 1. The fourth-order valence-corrected chi connectivity index (χ4v) is 3.15. The zero-order valence-electron chi connectivity index (χ0n) is 11.2. The molecule has 0 aliphatic carbocycles. The van der Waals surface area contributed by atoms with Crippen LogP contribution in [-0.2, 0) is 4.79 Å². The van der Waals surface area contributed by atoms with Crippen LogP contribution in [-0.4, -0.2) is 21.9 Å². The first-order valence-electron chi connectivity index (χ1n) is 5.96. The molecule has 1 amide bonds. The van der Waals surface area contributed by atoms with Crippen molar-refractivity contribution in [1.82, 2.24) is 10.2 Å². The van der Waals surface area contributed by atoms with Gasteiger partial charge in [0.1, 0.15) is 0 Å². The molecule has 0 saturated heterocycles. The van der Waals surface area contributed by atoms with Crippen LogP contribution in [0.5, 0.6) is 0 Å². The number of hydrogen-bond donors (Lipinski definition) is 3. The Labute approximate surface area is 129 Å². The second-order valence-corrected chi connectivity index (χ2v) is 6.21. The van der Waals surface area contributed by atoms with Crippen molar-refractivity contribution in [1.29, 1.82) is 0 Å². The van der Waals surface area contributed by atoms with E-state index in [1.165, 1.54) is 11.8 Å². The summed E-state index contributed by atoms with van der Waals surface area (Å²) < 4.78 is 0.894. The van der Waals surface area contributed by atoms with E-state index < -0.39 is 0 Å². The third kappa shape index (κ3) is 3.55. The summed E-state index contributed by atoms with van der Waals surface area (Å²) in [5.74, 6) is 0.262. The van der Waals surface area contributed by atoms with E-state index in [-0.39, 0.29) is 5.91 Å². The fourth-order valence-electron chi connectivity index (χ4n) is 1.69. The van der Waals surface area contributed by atoms with Crippen LogP contribution >= 0.6 is 27.7 Å². The smallest absolute Gasteiger partial charge is 0.234 e. The second kappa shape index (κ2) is 6.32. The summed E-state index contributed by atoms with van der Waals surface area (Å²) in [6.07, 6.45) is 0. The molecule has 0 unspecified atom stereocenters. The average Bonchev–Trinajstić information content (AvgIpc) is 2.69. The largest absolute Gasteiger partial charge is 0.399 e. The zero-order valence-corrected chi connectivity index (χ0v) is 13.6. The predicted octanol–water partition coefficient (Wildman–Crippen LogP) is 3.10. The van der Waals surface area contributed by atoms with Gasteiger partial charge < -0.3 is 11.1 Å². The van der Waals surface area contributed by atoms with E-state index in [2.05, 4.69) is 31.4 Å². The number of benzene rings is 1. The molecule has 20 heavy (non-hydrogen) atoms. The van der Waals surface area contributed by atoms with E-state index in [1.807, 2.05) is 32.0 Å². The Hall–Kier alpha value is -1.47. The minimum absolute atomic E-state index is 0.0636. The molecule has 2 aromatic rings. The highest BCUT2D eigenvalue weighted by Crippen LogP contribution is 2.29. The van der Waals surface area contributed by atoms with Gasteiger partial charge in [-0.1, -0.05) is 0 Å². The van der Waals surface area contributed by atoms with Crippen LogP contribution in [0.25, 0.3) is 0 Å². The summed E-state index contributed by atoms with van der Waals surface area (Å²) in [4.78, 5) is 12.9. The number of carbonyl (C=O) groups excluding carboxylic acids is 1. The molecule has 2 rings (SSSR count). The molecule has 0 radical (unpaired) electrons. The molecule has 1 heterocycles. The van der Waals surface area contributed by atoms with Crippen LogP contribution in [0, 0.1) is 13.8 Å². The number of hydrogen-bond acceptors (Lipinski definition) is 4. The highest BCUT2D eigenvalue weighted by Gasteiger charge is 2.11. The minimum atomic E-state index is -0.0636. The van der Waals surface area contributed by atoms with Gasteiger partial charge in [0.15, 0.2) is 0 Å². The van der Waals surface area contributed by atoms with Crippen LogP contribution in [0.3, 0.4) is 0 Å². The third-order valence-corrected chi connectivity index (χ3v) is 4.70. The maximum Gasteiger partial charge on any atom is 0.234 e. The number of halogens is 1. The van der Waals surface area contributed by atoms with Gasteiger partial charge >= 0.3 is 0 Å². The molecule has 7 heteroatoms. The standard InChI is InChI=1S/C13H15BrN4OS/c1-7-13(8(2)18-17-7)16-12(19)6-20-11-4-3-9(15)5-10(11)14/h3-5H,6,15H2,1-2H3,(H,16,19)(H,17,18). The summed E-state index contributed by atoms with van der Waals surface area (Å²) in [6, 6.07) is 5.53. The van der Waals surface area contributed by atoms with E-state index in [9.17, 15) is 4.79 Å². The van der Waals surface area contributed by atoms with Gasteiger partial charge in [-0.3, -0.25) is 9.89 Å². The number of aryl methyl sites for hydroxylation is 2. The van der Waals surface area contributed by atoms with E-state index in [4.69, 9.17) is 5.73 Å². The Bertz CT molecular complexity index is 622. The number of nitrogens with zero attached hydrogens (tertiary/aromatic N) is 1. The Morgan fingerprint density at radius 2 is 2.25 bits per heavy atom. The maximum absolute atomic E-state index is 12.0. The number of aromatic amines is 1.